The topological polar surface area (TPSA) is 9.23 Å². The van der Waals surface area contributed by atoms with Crippen molar-refractivity contribution in [3.8, 4) is 0 Å². The van der Waals surface area contributed by atoms with Gasteiger partial charge in [-0.05, 0) is 0 Å². The van der Waals surface area contributed by atoms with Crippen LogP contribution >= 0.6 is 0 Å². The second-order valence-corrected chi connectivity index (χ2v) is 5.73. The van der Waals surface area contributed by atoms with E-state index in [9.17, 15) is 87.8 Å². The summed E-state index contributed by atoms with van der Waals surface area (Å²) >= 11 is 0. The van der Waals surface area contributed by atoms with Crippen LogP contribution in [0.25, 0.3) is 0 Å². The summed E-state index contributed by atoms with van der Waals surface area (Å²) in [5.41, 5.74) is 0. The quantitative estimate of drug-likeness (QED) is 0.400. The minimum absolute atomic E-state index is 1.37. The summed E-state index contributed by atoms with van der Waals surface area (Å²) in [6.45, 7) is 0. The summed E-state index contributed by atoms with van der Waals surface area (Å²) in [6.07, 6.45) is -15.8. The minimum atomic E-state index is -8.51. The third-order valence-electron chi connectivity index (χ3n) is 3.79. The number of hydrogen-bond donors (Lipinski definition) is 0. The number of halogens is 20. The molecule has 1 aliphatic rings. The lowest BCUT2D eigenvalue weighted by Gasteiger charge is -2.38. The molecule has 0 saturated carbocycles. The summed E-state index contributed by atoms with van der Waals surface area (Å²) in [4.78, 5) is 0. The first kappa shape index (κ1) is 27.6. The first-order valence-electron chi connectivity index (χ1n) is 6.44. The summed E-state index contributed by atoms with van der Waals surface area (Å²) in [7, 11) is 0. The number of hydrogen-bond acceptors (Lipinski definition) is 1. The van der Waals surface area contributed by atoms with Gasteiger partial charge < -0.3 is 0 Å². The lowest BCUT2D eigenvalue weighted by atomic mass is 9.90. The van der Waals surface area contributed by atoms with E-state index in [-0.39, 0.29) is 0 Å². The minimum Gasteiger partial charge on any atom is -0.288 e. The van der Waals surface area contributed by atoms with E-state index >= 15 is 0 Å². The third-order valence-corrected chi connectivity index (χ3v) is 3.79. The molecule has 1 rings (SSSR count). The van der Waals surface area contributed by atoms with Gasteiger partial charge in [0.15, 0.2) is 0 Å². The van der Waals surface area contributed by atoms with Crippen molar-refractivity contribution in [2.24, 2.45) is 0 Å². The van der Waals surface area contributed by atoms with E-state index in [0.29, 0.717) is 0 Å². The molecule has 0 spiro atoms. The molecule has 0 radical (unpaired) electrons. The Bertz CT molecular complexity index is 654. The Labute approximate surface area is 153 Å². The zero-order chi connectivity index (χ0) is 25.7. The summed E-state index contributed by atoms with van der Waals surface area (Å²) in [6, 6.07) is 0. The molecule has 2 unspecified atom stereocenters. The SMILES string of the molecule is FC(F)(F)C(F)(F)C(F)(F)C1(F)OC(F)(C(F)(F)C(F)(F)C(F)(F)F)C(F)(F)C1(F)F. The van der Waals surface area contributed by atoms with Crippen molar-refractivity contribution in [3.63, 3.8) is 0 Å². The maximum absolute atomic E-state index is 13.8. The van der Waals surface area contributed by atoms with Crippen LogP contribution in [0.1, 0.15) is 0 Å². The molecule has 0 amide bonds. The van der Waals surface area contributed by atoms with Gasteiger partial charge in [-0.2, -0.15) is 87.8 Å². The van der Waals surface area contributed by atoms with Crippen molar-refractivity contribution < 1.29 is 92.5 Å². The van der Waals surface area contributed by atoms with Gasteiger partial charge in [0.05, 0.1) is 0 Å². The smallest absolute Gasteiger partial charge is 0.288 e. The second-order valence-electron chi connectivity index (χ2n) is 5.73. The molecule has 1 nitrogen and oxygen atoms in total. The number of ether oxygens (including phenoxy) is 1. The molecule has 0 bridgehead atoms. The van der Waals surface area contributed by atoms with Crippen molar-refractivity contribution in [1.82, 2.24) is 0 Å². The van der Waals surface area contributed by atoms with Crippen LogP contribution in [0.3, 0.4) is 0 Å². The van der Waals surface area contributed by atoms with E-state index < -0.39 is 59.6 Å². The molecule has 2 atom stereocenters. The number of alkyl halides is 20. The molecule has 0 N–H and O–H groups in total. The highest BCUT2D eigenvalue weighted by Crippen LogP contribution is 2.72. The zero-order valence-corrected chi connectivity index (χ0v) is 13.0. The van der Waals surface area contributed by atoms with E-state index in [1.54, 1.807) is 0 Å². The van der Waals surface area contributed by atoms with Crippen LogP contribution in [0.2, 0.25) is 0 Å². The van der Waals surface area contributed by atoms with Gasteiger partial charge in [0.2, 0.25) is 0 Å². The fourth-order valence-corrected chi connectivity index (χ4v) is 2.01. The van der Waals surface area contributed by atoms with Gasteiger partial charge in [-0.3, -0.25) is 4.74 Å². The van der Waals surface area contributed by atoms with Crippen molar-refractivity contribution >= 4 is 0 Å². The molecule has 186 valence electrons. The first-order valence-corrected chi connectivity index (χ1v) is 6.44. The fourth-order valence-electron chi connectivity index (χ4n) is 2.01. The van der Waals surface area contributed by atoms with Gasteiger partial charge in [0, 0.05) is 0 Å². The van der Waals surface area contributed by atoms with E-state index in [1.807, 2.05) is 0 Å². The maximum atomic E-state index is 13.8. The molecule has 0 aromatic carbocycles. The monoisotopic (exact) mass is 516 g/mol. The van der Waals surface area contributed by atoms with Crippen LogP contribution in [0, 0.1) is 0 Å². The molecular formula is C10F20O. The van der Waals surface area contributed by atoms with Crippen LogP contribution < -0.4 is 0 Å². The standard InChI is InChI=1S/C10F20O/c11-1(12)2(13,14)8(24,4(17,18)6(21,22)10(28,29)30)31-7(1,23)3(15,16)5(19,20)9(25,26)27. The van der Waals surface area contributed by atoms with Crippen molar-refractivity contribution in [1.29, 1.82) is 0 Å². The zero-order valence-electron chi connectivity index (χ0n) is 13.0. The molecule has 1 fully saturated rings. The molecule has 1 aliphatic heterocycles. The summed E-state index contributed by atoms with van der Waals surface area (Å²) < 4.78 is 258. The Balaban J connectivity index is 3.94. The highest BCUT2D eigenvalue weighted by Gasteiger charge is 3.04. The van der Waals surface area contributed by atoms with E-state index in [0.717, 1.165) is 0 Å². The van der Waals surface area contributed by atoms with Gasteiger partial charge in [0.1, 0.15) is 0 Å². The van der Waals surface area contributed by atoms with Gasteiger partial charge in [0.25, 0.3) is 0 Å². The molecule has 1 heterocycles. The maximum Gasteiger partial charge on any atom is 0.460 e. The lowest BCUT2D eigenvalue weighted by molar-refractivity contribution is -0.467. The average Bonchev–Trinajstić information content (AvgIpc) is 2.61. The fraction of sp³-hybridized carbons (Fsp3) is 1.00. The van der Waals surface area contributed by atoms with E-state index in [2.05, 4.69) is 0 Å². The summed E-state index contributed by atoms with van der Waals surface area (Å²) in [5.74, 6) is -66.7. The predicted octanol–water partition coefficient (Wildman–Crippen LogP) is 6.28. The van der Waals surface area contributed by atoms with E-state index in [1.165, 1.54) is 4.74 Å². The first-order chi connectivity index (χ1) is 13.0. The number of rotatable bonds is 4. The Morgan fingerprint density at radius 3 is 0.742 bits per heavy atom. The Kier molecular flexibility index (Phi) is 5.44. The normalized spacial score (nSPS) is 30.6. The highest BCUT2D eigenvalue weighted by molar-refractivity contribution is 5.23. The predicted molar refractivity (Wildman–Crippen MR) is 50.6 cm³/mol. The van der Waals surface area contributed by atoms with Gasteiger partial charge >= 0.3 is 59.6 Å². The highest BCUT2D eigenvalue weighted by atomic mass is 19.4. The van der Waals surface area contributed by atoms with Crippen LogP contribution in [-0.2, 0) is 4.74 Å². The van der Waals surface area contributed by atoms with Gasteiger partial charge in [-0.15, -0.1) is 0 Å². The third kappa shape index (κ3) is 2.75. The molecular weight excluding hydrogens is 516 g/mol. The molecule has 21 heteroatoms. The van der Waals surface area contributed by atoms with Crippen molar-refractivity contribution in [3.05, 3.63) is 0 Å². The van der Waals surface area contributed by atoms with E-state index in [4.69, 9.17) is 0 Å². The van der Waals surface area contributed by atoms with Crippen molar-refractivity contribution in [2.45, 2.75) is 59.6 Å². The largest absolute Gasteiger partial charge is 0.460 e. The Morgan fingerprint density at radius 1 is 0.387 bits per heavy atom. The Hall–Kier alpha value is -1.44. The molecule has 1 saturated heterocycles. The molecule has 0 aromatic rings. The van der Waals surface area contributed by atoms with Crippen molar-refractivity contribution in [2.75, 3.05) is 0 Å². The van der Waals surface area contributed by atoms with Gasteiger partial charge in [-0.25, -0.2) is 0 Å². The summed E-state index contributed by atoms with van der Waals surface area (Å²) in [5, 5.41) is 0. The second kappa shape index (κ2) is 6.12. The molecule has 31 heavy (non-hydrogen) atoms. The molecule has 0 aromatic heterocycles. The lowest BCUT2D eigenvalue weighted by Crippen LogP contribution is -2.69. The molecule has 0 aliphatic carbocycles. The van der Waals surface area contributed by atoms with Gasteiger partial charge in [-0.1, -0.05) is 0 Å². The van der Waals surface area contributed by atoms with Crippen LogP contribution in [0.5, 0.6) is 0 Å². The van der Waals surface area contributed by atoms with Crippen LogP contribution in [0.15, 0.2) is 0 Å². The average molecular weight is 516 g/mol. The Morgan fingerprint density at radius 2 is 0.581 bits per heavy atom. The van der Waals surface area contributed by atoms with Crippen LogP contribution in [-0.4, -0.2) is 59.6 Å². The van der Waals surface area contributed by atoms with Crippen LogP contribution in [0.4, 0.5) is 87.8 Å².